The highest BCUT2D eigenvalue weighted by atomic mass is 14.7. The van der Waals surface area contributed by atoms with Crippen molar-refractivity contribution >= 4 is 21.7 Å². The van der Waals surface area contributed by atoms with Gasteiger partial charge in [0.05, 0.1) is 11.2 Å². The van der Waals surface area contributed by atoms with E-state index in [-0.39, 0.29) is 0 Å². The van der Waals surface area contributed by atoms with Gasteiger partial charge in [-0.05, 0) is 40.5 Å². The largest absolute Gasteiger partial charge is 0.264 e. The third-order valence-electron chi connectivity index (χ3n) is 5.09. The highest BCUT2D eigenvalue weighted by Crippen LogP contribution is 2.35. The van der Waals surface area contributed by atoms with Gasteiger partial charge in [-0.3, -0.25) is 4.98 Å². The number of para-hydroxylation sites is 1. The third-order valence-corrected chi connectivity index (χ3v) is 5.09. The quantitative estimate of drug-likeness (QED) is 0.415. The van der Waals surface area contributed by atoms with Crippen LogP contribution in [0.25, 0.3) is 32.9 Å². The molecule has 0 saturated heterocycles. The number of rotatable bonds is 3. The van der Waals surface area contributed by atoms with Gasteiger partial charge in [0, 0.05) is 28.7 Å². The van der Waals surface area contributed by atoms with Crippen LogP contribution in [0.15, 0.2) is 60.9 Å². The molecule has 0 unspecified atom stereocenters. The van der Waals surface area contributed by atoms with Crippen LogP contribution < -0.4 is 0 Å². The molecule has 2 heterocycles. The van der Waals surface area contributed by atoms with Crippen LogP contribution in [0.4, 0.5) is 0 Å². The second-order valence-corrected chi connectivity index (χ2v) is 7.55. The van der Waals surface area contributed by atoms with Crippen LogP contribution in [0.1, 0.15) is 50.7 Å². The van der Waals surface area contributed by atoms with Gasteiger partial charge in [-0.25, -0.2) is 4.98 Å². The Morgan fingerprint density at radius 1 is 0.769 bits per heavy atom. The smallest absolute Gasteiger partial charge is 0.0744 e. The lowest BCUT2D eigenvalue weighted by Crippen LogP contribution is -1.98. The van der Waals surface area contributed by atoms with Crippen molar-refractivity contribution in [1.82, 2.24) is 9.97 Å². The number of benzene rings is 2. The molecule has 2 aromatic carbocycles. The first kappa shape index (κ1) is 16.7. The second kappa shape index (κ2) is 6.53. The fourth-order valence-electron chi connectivity index (χ4n) is 3.81. The molecular formula is C24H24N2. The molecule has 0 aliphatic heterocycles. The van der Waals surface area contributed by atoms with E-state index in [2.05, 4.69) is 81.2 Å². The summed E-state index contributed by atoms with van der Waals surface area (Å²) in [4.78, 5) is 9.45. The molecule has 0 atom stereocenters. The lowest BCUT2D eigenvalue weighted by molar-refractivity contribution is 0.871. The fourth-order valence-corrected chi connectivity index (χ4v) is 3.81. The zero-order valence-electron chi connectivity index (χ0n) is 15.8. The first-order valence-corrected chi connectivity index (χ1v) is 9.33. The zero-order chi connectivity index (χ0) is 18.3. The molecule has 0 N–H and O–H groups in total. The fraction of sp³-hybridized carbons (Fsp3) is 0.250. The van der Waals surface area contributed by atoms with Crippen LogP contribution in [-0.2, 0) is 0 Å². The Kier molecular flexibility index (Phi) is 4.20. The van der Waals surface area contributed by atoms with Crippen LogP contribution in [-0.4, -0.2) is 9.97 Å². The van der Waals surface area contributed by atoms with Crippen LogP contribution >= 0.6 is 0 Å². The van der Waals surface area contributed by atoms with E-state index in [0.29, 0.717) is 11.8 Å². The molecule has 0 bridgehead atoms. The molecule has 0 aliphatic carbocycles. The van der Waals surface area contributed by atoms with Gasteiger partial charge < -0.3 is 0 Å². The number of fused-ring (bicyclic) bond motifs is 2. The molecular weight excluding hydrogens is 316 g/mol. The van der Waals surface area contributed by atoms with Gasteiger partial charge in [-0.1, -0.05) is 64.1 Å². The Hall–Kier alpha value is -2.74. The molecule has 130 valence electrons. The summed E-state index contributed by atoms with van der Waals surface area (Å²) >= 11 is 0. The Morgan fingerprint density at radius 3 is 2.35 bits per heavy atom. The summed E-state index contributed by atoms with van der Waals surface area (Å²) in [5.74, 6) is 0.850. The number of pyridine rings is 2. The SMILES string of the molecule is CC(C)c1c(-c2ccc3cccc(C(C)C)c3n2)ccc2ccncc12. The normalized spacial score (nSPS) is 11.8. The van der Waals surface area contributed by atoms with Crippen molar-refractivity contribution in [2.75, 3.05) is 0 Å². The molecule has 2 nitrogen and oxygen atoms in total. The lowest BCUT2D eigenvalue weighted by atomic mass is 9.90. The standard InChI is InChI=1S/C24H24N2/c1-15(2)19-7-5-6-18-9-11-22(26-24(18)19)20-10-8-17-12-13-25-14-21(17)23(20)16(3)4/h5-16H,1-4H3. The van der Waals surface area contributed by atoms with Crippen LogP contribution in [0.3, 0.4) is 0 Å². The van der Waals surface area contributed by atoms with Crippen molar-refractivity contribution < 1.29 is 0 Å². The molecule has 0 radical (unpaired) electrons. The number of hydrogen-bond acceptors (Lipinski definition) is 2. The Balaban J connectivity index is 2.01. The van der Waals surface area contributed by atoms with Gasteiger partial charge in [-0.2, -0.15) is 0 Å². The van der Waals surface area contributed by atoms with E-state index in [1.165, 1.54) is 32.8 Å². The predicted molar refractivity (Wildman–Crippen MR) is 111 cm³/mol. The average molecular weight is 340 g/mol. The van der Waals surface area contributed by atoms with E-state index in [9.17, 15) is 0 Å². The molecule has 4 aromatic rings. The highest BCUT2D eigenvalue weighted by molar-refractivity contribution is 5.92. The van der Waals surface area contributed by atoms with Gasteiger partial charge in [0.15, 0.2) is 0 Å². The summed E-state index contributed by atoms with van der Waals surface area (Å²) in [6, 6.07) is 17.3. The van der Waals surface area contributed by atoms with Crippen molar-refractivity contribution in [1.29, 1.82) is 0 Å². The maximum Gasteiger partial charge on any atom is 0.0744 e. The minimum Gasteiger partial charge on any atom is -0.264 e. The van der Waals surface area contributed by atoms with Crippen LogP contribution in [0.2, 0.25) is 0 Å². The molecule has 2 heteroatoms. The molecule has 0 amide bonds. The van der Waals surface area contributed by atoms with E-state index in [1.54, 1.807) is 0 Å². The number of aromatic nitrogens is 2. The average Bonchev–Trinajstić information content (AvgIpc) is 2.65. The Bertz CT molecular complexity index is 1090. The van der Waals surface area contributed by atoms with Crippen molar-refractivity contribution in [2.45, 2.75) is 39.5 Å². The summed E-state index contributed by atoms with van der Waals surface area (Å²) in [6.45, 7) is 8.94. The molecule has 0 saturated carbocycles. The van der Waals surface area contributed by atoms with E-state index < -0.39 is 0 Å². The first-order valence-electron chi connectivity index (χ1n) is 9.33. The van der Waals surface area contributed by atoms with Gasteiger partial charge in [0.1, 0.15) is 0 Å². The van der Waals surface area contributed by atoms with Crippen molar-refractivity contribution in [3.05, 3.63) is 72.1 Å². The summed E-state index contributed by atoms with van der Waals surface area (Å²) in [7, 11) is 0. The number of hydrogen-bond donors (Lipinski definition) is 0. The van der Waals surface area contributed by atoms with E-state index in [0.717, 1.165) is 11.2 Å². The first-order chi connectivity index (χ1) is 12.6. The van der Waals surface area contributed by atoms with Crippen molar-refractivity contribution in [3.8, 4) is 11.3 Å². The summed E-state index contributed by atoms with van der Waals surface area (Å²) in [5.41, 5.74) is 5.99. The van der Waals surface area contributed by atoms with Crippen LogP contribution in [0, 0.1) is 0 Å². The van der Waals surface area contributed by atoms with Gasteiger partial charge in [0.25, 0.3) is 0 Å². The van der Waals surface area contributed by atoms with E-state index in [4.69, 9.17) is 4.98 Å². The maximum atomic E-state index is 5.10. The monoisotopic (exact) mass is 340 g/mol. The van der Waals surface area contributed by atoms with Crippen LogP contribution in [0.5, 0.6) is 0 Å². The molecule has 2 aromatic heterocycles. The Labute approximate surface area is 154 Å². The van der Waals surface area contributed by atoms with E-state index >= 15 is 0 Å². The maximum absolute atomic E-state index is 5.10. The topological polar surface area (TPSA) is 25.8 Å². The van der Waals surface area contributed by atoms with Gasteiger partial charge in [-0.15, -0.1) is 0 Å². The minimum atomic E-state index is 0.399. The summed E-state index contributed by atoms with van der Waals surface area (Å²) in [6.07, 6.45) is 3.84. The zero-order valence-corrected chi connectivity index (χ0v) is 15.8. The molecule has 0 fully saturated rings. The molecule has 0 aliphatic rings. The summed E-state index contributed by atoms with van der Waals surface area (Å²) < 4.78 is 0. The predicted octanol–water partition coefficient (Wildman–Crippen LogP) is 6.70. The molecule has 4 rings (SSSR count). The summed E-state index contributed by atoms with van der Waals surface area (Å²) in [5, 5.41) is 3.66. The second-order valence-electron chi connectivity index (χ2n) is 7.55. The Morgan fingerprint density at radius 2 is 1.58 bits per heavy atom. The molecule has 26 heavy (non-hydrogen) atoms. The van der Waals surface area contributed by atoms with Gasteiger partial charge in [0.2, 0.25) is 0 Å². The highest BCUT2D eigenvalue weighted by Gasteiger charge is 2.15. The molecule has 0 spiro atoms. The van der Waals surface area contributed by atoms with Crippen molar-refractivity contribution in [2.24, 2.45) is 0 Å². The third kappa shape index (κ3) is 2.76. The lowest BCUT2D eigenvalue weighted by Gasteiger charge is -2.17. The van der Waals surface area contributed by atoms with Crippen molar-refractivity contribution in [3.63, 3.8) is 0 Å². The van der Waals surface area contributed by atoms with Gasteiger partial charge >= 0.3 is 0 Å². The van der Waals surface area contributed by atoms with E-state index in [1.807, 2.05) is 12.4 Å². The number of nitrogens with zero attached hydrogens (tertiary/aromatic N) is 2. The minimum absolute atomic E-state index is 0.399.